The average Bonchev–Trinajstić information content (AvgIpc) is 3.24. The fourth-order valence-corrected chi connectivity index (χ4v) is 2.03. The Labute approximate surface area is 123 Å². The van der Waals surface area contributed by atoms with Gasteiger partial charge in [0.2, 0.25) is 5.79 Å². The molecular formula is C17H18O4. The van der Waals surface area contributed by atoms with Crippen molar-refractivity contribution >= 4 is 0 Å². The van der Waals surface area contributed by atoms with Crippen LogP contribution in [0.15, 0.2) is 48.5 Å². The van der Waals surface area contributed by atoms with Crippen LogP contribution >= 0.6 is 0 Å². The molecule has 0 aromatic heterocycles. The van der Waals surface area contributed by atoms with Crippen LogP contribution in [0, 0.1) is 0 Å². The predicted molar refractivity (Wildman–Crippen MR) is 78.1 cm³/mol. The number of hydrogen-bond donors (Lipinski definition) is 1. The van der Waals surface area contributed by atoms with E-state index in [1.54, 1.807) is 6.07 Å². The molecule has 1 aliphatic rings. The van der Waals surface area contributed by atoms with Crippen LogP contribution in [-0.2, 0) is 18.0 Å². The third-order valence-corrected chi connectivity index (χ3v) is 3.32. The summed E-state index contributed by atoms with van der Waals surface area (Å²) < 4.78 is 16.6. The highest BCUT2D eigenvalue weighted by atomic mass is 16.8. The van der Waals surface area contributed by atoms with Crippen LogP contribution < -0.4 is 9.47 Å². The van der Waals surface area contributed by atoms with Gasteiger partial charge in [-0.05, 0) is 23.8 Å². The molecule has 0 unspecified atom stereocenters. The van der Waals surface area contributed by atoms with E-state index in [1.165, 1.54) is 0 Å². The first-order valence-corrected chi connectivity index (χ1v) is 6.92. The fraction of sp³-hybridized carbons (Fsp3) is 0.294. The minimum Gasteiger partial charge on any atom is -0.489 e. The molecule has 2 aromatic carbocycles. The van der Waals surface area contributed by atoms with E-state index in [9.17, 15) is 5.11 Å². The molecule has 4 heteroatoms. The first-order valence-electron chi connectivity index (χ1n) is 6.92. The summed E-state index contributed by atoms with van der Waals surface area (Å²) in [5.74, 6) is 0.820. The summed E-state index contributed by atoms with van der Waals surface area (Å²) in [4.78, 5) is 0. The van der Waals surface area contributed by atoms with Crippen LogP contribution in [0.1, 0.15) is 18.1 Å². The monoisotopic (exact) mass is 286 g/mol. The summed E-state index contributed by atoms with van der Waals surface area (Å²) in [6.07, 6.45) is 0. The maximum Gasteiger partial charge on any atom is 0.231 e. The molecule has 110 valence electrons. The number of aliphatic hydroxyl groups excluding tert-OH is 1. The summed E-state index contributed by atoms with van der Waals surface area (Å²) in [7, 11) is 0. The smallest absolute Gasteiger partial charge is 0.231 e. The Morgan fingerprint density at radius 1 is 1.19 bits per heavy atom. The van der Waals surface area contributed by atoms with Gasteiger partial charge in [-0.3, -0.25) is 0 Å². The second kappa shape index (κ2) is 5.76. The van der Waals surface area contributed by atoms with Gasteiger partial charge in [0, 0.05) is 12.5 Å². The van der Waals surface area contributed by atoms with Crippen LogP contribution in [0.25, 0.3) is 0 Å². The summed E-state index contributed by atoms with van der Waals surface area (Å²) >= 11 is 0. The first-order chi connectivity index (χ1) is 10.2. The topological polar surface area (TPSA) is 51.2 Å². The molecule has 0 aliphatic carbocycles. The van der Waals surface area contributed by atoms with Gasteiger partial charge < -0.3 is 19.3 Å². The Bertz CT molecular complexity index is 605. The van der Waals surface area contributed by atoms with Gasteiger partial charge in [-0.15, -0.1) is 0 Å². The van der Waals surface area contributed by atoms with Crippen molar-refractivity contribution in [2.24, 2.45) is 0 Å². The van der Waals surface area contributed by atoms with E-state index in [4.69, 9.17) is 14.2 Å². The molecule has 0 bridgehead atoms. The minimum absolute atomic E-state index is 0.0983. The second-order valence-corrected chi connectivity index (χ2v) is 5.23. The van der Waals surface area contributed by atoms with Gasteiger partial charge in [0.25, 0.3) is 0 Å². The average molecular weight is 286 g/mol. The summed E-state index contributed by atoms with van der Waals surface area (Å²) in [5, 5.41) is 9.49. The Hall–Kier alpha value is -2.04. The largest absolute Gasteiger partial charge is 0.489 e. The van der Waals surface area contributed by atoms with E-state index in [2.05, 4.69) is 0 Å². The van der Waals surface area contributed by atoms with Crippen molar-refractivity contribution in [1.82, 2.24) is 0 Å². The molecule has 1 saturated heterocycles. The molecular weight excluding hydrogens is 268 g/mol. The Kier molecular flexibility index (Phi) is 3.82. The van der Waals surface area contributed by atoms with Crippen molar-refractivity contribution < 1.29 is 19.3 Å². The first kappa shape index (κ1) is 13.9. The van der Waals surface area contributed by atoms with Gasteiger partial charge in [-0.2, -0.15) is 0 Å². The van der Waals surface area contributed by atoms with E-state index < -0.39 is 5.79 Å². The SMILES string of the molecule is C[C@]1(Oc2ccc(OCc3ccccc3)c(CO)c2)CO1. The van der Waals surface area contributed by atoms with E-state index in [1.807, 2.05) is 49.4 Å². The zero-order valence-corrected chi connectivity index (χ0v) is 11.9. The third-order valence-electron chi connectivity index (χ3n) is 3.32. The van der Waals surface area contributed by atoms with Crippen molar-refractivity contribution in [3.8, 4) is 11.5 Å². The molecule has 0 saturated carbocycles. The van der Waals surface area contributed by atoms with Crippen molar-refractivity contribution in [3.63, 3.8) is 0 Å². The number of ether oxygens (including phenoxy) is 3. The lowest BCUT2D eigenvalue weighted by molar-refractivity contribution is 0.0799. The molecule has 1 N–H and O–H groups in total. The Morgan fingerprint density at radius 3 is 2.62 bits per heavy atom. The highest BCUT2D eigenvalue weighted by Crippen LogP contribution is 2.32. The predicted octanol–water partition coefficient (Wildman–Crippen LogP) is 2.88. The number of hydrogen-bond acceptors (Lipinski definition) is 4. The molecule has 4 nitrogen and oxygen atoms in total. The molecule has 1 heterocycles. The molecule has 21 heavy (non-hydrogen) atoms. The number of benzene rings is 2. The van der Waals surface area contributed by atoms with Crippen LogP contribution in [-0.4, -0.2) is 17.5 Å². The van der Waals surface area contributed by atoms with Gasteiger partial charge >= 0.3 is 0 Å². The van der Waals surface area contributed by atoms with Crippen LogP contribution in [0.5, 0.6) is 11.5 Å². The Balaban J connectivity index is 1.69. The van der Waals surface area contributed by atoms with Gasteiger partial charge in [0.05, 0.1) is 6.61 Å². The standard InChI is InChI=1S/C17H18O4/c1-17(12-20-17)21-15-7-8-16(14(9-15)10-18)19-11-13-5-3-2-4-6-13/h2-9,18H,10-12H2,1H3/t17-/m0/s1. The van der Waals surface area contributed by atoms with Gasteiger partial charge in [0.15, 0.2) is 0 Å². The van der Waals surface area contributed by atoms with E-state index in [0.29, 0.717) is 30.3 Å². The lowest BCUT2D eigenvalue weighted by Gasteiger charge is -2.14. The van der Waals surface area contributed by atoms with Crippen molar-refractivity contribution in [2.75, 3.05) is 6.61 Å². The van der Waals surface area contributed by atoms with Crippen LogP contribution in [0.3, 0.4) is 0 Å². The molecule has 0 spiro atoms. The molecule has 1 aliphatic heterocycles. The van der Waals surface area contributed by atoms with Gasteiger partial charge in [-0.1, -0.05) is 30.3 Å². The molecule has 1 atom stereocenters. The van der Waals surface area contributed by atoms with E-state index in [0.717, 1.165) is 5.56 Å². The number of aliphatic hydroxyl groups is 1. The zero-order chi connectivity index (χ0) is 14.7. The van der Waals surface area contributed by atoms with E-state index in [-0.39, 0.29) is 6.61 Å². The molecule has 0 amide bonds. The van der Waals surface area contributed by atoms with Crippen molar-refractivity contribution in [2.45, 2.75) is 25.9 Å². The quantitative estimate of drug-likeness (QED) is 0.830. The zero-order valence-electron chi connectivity index (χ0n) is 11.9. The summed E-state index contributed by atoms with van der Waals surface area (Å²) in [6.45, 7) is 2.84. The molecule has 3 rings (SSSR count). The van der Waals surface area contributed by atoms with Crippen LogP contribution in [0.2, 0.25) is 0 Å². The van der Waals surface area contributed by atoms with Crippen molar-refractivity contribution in [1.29, 1.82) is 0 Å². The minimum atomic E-state index is -0.515. The number of epoxide rings is 1. The van der Waals surface area contributed by atoms with Crippen molar-refractivity contribution in [3.05, 3.63) is 59.7 Å². The summed E-state index contributed by atoms with van der Waals surface area (Å²) in [5.41, 5.74) is 1.79. The van der Waals surface area contributed by atoms with E-state index >= 15 is 0 Å². The highest BCUT2D eigenvalue weighted by Gasteiger charge is 2.42. The molecule has 1 fully saturated rings. The number of rotatable bonds is 6. The normalized spacial score (nSPS) is 20.1. The summed E-state index contributed by atoms with van der Waals surface area (Å²) in [6, 6.07) is 15.3. The fourth-order valence-electron chi connectivity index (χ4n) is 2.03. The third kappa shape index (κ3) is 3.54. The molecule has 2 aromatic rings. The maximum atomic E-state index is 9.49. The van der Waals surface area contributed by atoms with Gasteiger partial charge in [-0.25, -0.2) is 0 Å². The Morgan fingerprint density at radius 2 is 1.95 bits per heavy atom. The lowest BCUT2D eigenvalue weighted by atomic mass is 10.2. The maximum absolute atomic E-state index is 9.49. The highest BCUT2D eigenvalue weighted by molar-refractivity contribution is 5.40. The lowest BCUT2D eigenvalue weighted by Crippen LogP contribution is -2.14. The van der Waals surface area contributed by atoms with Crippen LogP contribution in [0.4, 0.5) is 0 Å². The second-order valence-electron chi connectivity index (χ2n) is 5.23. The molecule has 0 radical (unpaired) electrons. The van der Waals surface area contributed by atoms with Gasteiger partial charge in [0.1, 0.15) is 24.7 Å².